The van der Waals surface area contributed by atoms with Crippen LogP contribution >= 0.6 is 0 Å². The molecule has 2 aliphatic rings. The number of nitrogens with zero attached hydrogens (tertiary/aromatic N) is 3. The summed E-state index contributed by atoms with van der Waals surface area (Å²) < 4.78 is 26.4. The van der Waals surface area contributed by atoms with E-state index >= 15 is 0 Å². The number of rotatable bonds is 10. The van der Waals surface area contributed by atoms with Gasteiger partial charge in [0.05, 0.1) is 17.9 Å². The van der Waals surface area contributed by atoms with Crippen LogP contribution in [-0.4, -0.2) is 92.4 Å². The SMILES string of the molecule is C=CCN(C(=O)Cc1ccc(S(=O)(=O)NC)cc1)C1CCN(C[C@H]2CN(C(=O)C(C)(C)C)C[C@]2(O)c2ccccc2)CC1. The first-order chi connectivity index (χ1) is 20.3. The maximum Gasteiger partial charge on any atom is 0.240 e. The first-order valence-electron chi connectivity index (χ1n) is 15.0. The summed E-state index contributed by atoms with van der Waals surface area (Å²) in [7, 11) is -2.17. The van der Waals surface area contributed by atoms with E-state index in [1.165, 1.54) is 19.2 Å². The lowest BCUT2D eigenvalue weighted by Crippen LogP contribution is -2.50. The summed E-state index contributed by atoms with van der Waals surface area (Å²) in [5.74, 6) is -0.119. The zero-order valence-electron chi connectivity index (χ0n) is 25.8. The van der Waals surface area contributed by atoms with Crippen LogP contribution in [0, 0.1) is 11.3 Å². The molecule has 43 heavy (non-hydrogen) atoms. The topological polar surface area (TPSA) is 110 Å². The number of β-amino-alcohol motifs (C(OH)–C–C–N with tert-alkyl or cyclic N) is 1. The molecule has 9 nitrogen and oxygen atoms in total. The molecule has 2 heterocycles. The standard InChI is InChI=1S/C33H46N4O5S/c1-6-18-37(30(38)21-25-12-14-29(15-13-25)43(41,42)34-5)28-16-19-35(20-17-28)22-27-23-36(31(39)32(2,3)4)24-33(27,40)26-10-8-7-9-11-26/h6-15,27-28,34,40H,1,16-24H2,2-5H3/t27-,33-/m0/s1. The maximum atomic E-state index is 13.4. The van der Waals surface area contributed by atoms with Crippen molar-refractivity contribution in [3.05, 3.63) is 78.4 Å². The van der Waals surface area contributed by atoms with Crippen LogP contribution in [0.3, 0.4) is 0 Å². The Bertz CT molecular complexity index is 1380. The van der Waals surface area contributed by atoms with E-state index in [-0.39, 0.29) is 41.6 Å². The average Bonchev–Trinajstić information content (AvgIpc) is 3.32. The second-order valence-electron chi connectivity index (χ2n) is 12.8. The smallest absolute Gasteiger partial charge is 0.240 e. The third kappa shape index (κ3) is 7.55. The van der Waals surface area contributed by atoms with Crippen molar-refractivity contribution in [2.24, 2.45) is 11.3 Å². The molecule has 0 aromatic heterocycles. The van der Waals surface area contributed by atoms with Crippen molar-refractivity contribution in [3.63, 3.8) is 0 Å². The van der Waals surface area contributed by atoms with Gasteiger partial charge in [0.15, 0.2) is 0 Å². The highest BCUT2D eigenvalue weighted by Crippen LogP contribution is 2.39. The van der Waals surface area contributed by atoms with Crippen molar-refractivity contribution in [3.8, 4) is 0 Å². The Labute approximate surface area is 256 Å². The number of piperidine rings is 1. The van der Waals surface area contributed by atoms with Crippen LogP contribution in [0.5, 0.6) is 0 Å². The molecule has 2 aromatic rings. The lowest BCUT2D eigenvalue weighted by molar-refractivity contribution is -0.139. The summed E-state index contributed by atoms with van der Waals surface area (Å²) in [4.78, 5) is 32.8. The molecular weight excluding hydrogens is 564 g/mol. The zero-order valence-corrected chi connectivity index (χ0v) is 26.6. The van der Waals surface area contributed by atoms with Crippen LogP contribution in [0.1, 0.15) is 44.7 Å². The number of hydrogen-bond acceptors (Lipinski definition) is 6. The van der Waals surface area contributed by atoms with Crippen molar-refractivity contribution >= 4 is 21.8 Å². The summed E-state index contributed by atoms with van der Waals surface area (Å²) in [6.07, 6.45) is 3.50. The van der Waals surface area contributed by atoms with Crippen molar-refractivity contribution in [1.29, 1.82) is 0 Å². The Balaban J connectivity index is 1.41. The lowest BCUT2D eigenvalue weighted by Gasteiger charge is -2.40. The molecular formula is C33H46N4O5S. The van der Waals surface area contributed by atoms with Gasteiger partial charge in [0.1, 0.15) is 5.60 Å². The number of carbonyl (C=O) groups is 2. The molecule has 0 aliphatic carbocycles. The summed E-state index contributed by atoms with van der Waals surface area (Å²) in [6, 6.07) is 16.1. The highest BCUT2D eigenvalue weighted by Gasteiger charge is 2.49. The van der Waals surface area contributed by atoms with E-state index in [2.05, 4.69) is 16.2 Å². The zero-order chi connectivity index (χ0) is 31.4. The van der Waals surface area contributed by atoms with Crippen LogP contribution < -0.4 is 4.72 Å². The minimum Gasteiger partial charge on any atom is -0.383 e. The Morgan fingerprint density at radius 2 is 1.72 bits per heavy atom. The molecule has 0 unspecified atom stereocenters. The predicted octanol–water partition coefficient (Wildman–Crippen LogP) is 3.01. The van der Waals surface area contributed by atoms with Crippen LogP contribution in [0.4, 0.5) is 0 Å². The van der Waals surface area contributed by atoms with Gasteiger partial charge in [-0.3, -0.25) is 9.59 Å². The summed E-state index contributed by atoms with van der Waals surface area (Å²) in [5, 5.41) is 12.0. The molecule has 10 heteroatoms. The summed E-state index contributed by atoms with van der Waals surface area (Å²) in [5.41, 5.74) is -0.0783. The number of likely N-dealkylation sites (tertiary alicyclic amines) is 2. The number of benzene rings is 2. The molecule has 0 saturated carbocycles. The van der Waals surface area contributed by atoms with Gasteiger partial charge in [0.25, 0.3) is 0 Å². The summed E-state index contributed by atoms with van der Waals surface area (Å²) >= 11 is 0. The normalized spacial score (nSPS) is 22.0. The minimum absolute atomic E-state index is 0.0202. The van der Waals surface area contributed by atoms with Gasteiger partial charge in [-0.25, -0.2) is 13.1 Å². The second kappa shape index (κ2) is 13.3. The first kappa shape index (κ1) is 32.9. The van der Waals surface area contributed by atoms with Crippen molar-refractivity contribution in [1.82, 2.24) is 19.4 Å². The molecule has 2 atom stereocenters. The van der Waals surface area contributed by atoms with E-state index in [1.807, 2.05) is 60.9 Å². The summed E-state index contributed by atoms with van der Waals surface area (Å²) in [6.45, 7) is 13.0. The van der Waals surface area contributed by atoms with E-state index < -0.39 is 21.0 Å². The third-order valence-corrected chi connectivity index (χ3v) is 10.2. The molecule has 2 aliphatic heterocycles. The molecule has 4 rings (SSSR count). The molecule has 2 saturated heterocycles. The fourth-order valence-electron chi connectivity index (χ4n) is 6.29. The van der Waals surface area contributed by atoms with E-state index in [9.17, 15) is 23.1 Å². The molecule has 2 amide bonds. The van der Waals surface area contributed by atoms with E-state index in [1.54, 1.807) is 18.2 Å². The van der Waals surface area contributed by atoms with Crippen LogP contribution in [0.2, 0.25) is 0 Å². The number of amides is 2. The minimum atomic E-state index is -3.54. The molecule has 0 radical (unpaired) electrons. The number of nitrogens with one attached hydrogen (secondary N) is 1. The van der Waals surface area contributed by atoms with Gasteiger partial charge in [0.2, 0.25) is 21.8 Å². The number of aliphatic hydroxyl groups is 1. The fraction of sp³-hybridized carbons (Fsp3) is 0.515. The van der Waals surface area contributed by atoms with Gasteiger partial charge < -0.3 is 19.8 Å². The van der Waals surface area contributed by atoms with Crippen molar-refractivity contribution in [2.45, 2.75) is 56.6 Å². The molecule has 234 valence electrons. The van der Waals surface area contributed by atoms with Gasteiger partial charge in [-0.15, -0.1) is 6.58 Å². The van der Waals surface area contributed by atoms with Gasteiger partial charge >= 0.3 is 0 Å². The highest BCUT2D eigenvalue weighted by atomic mass is 32.2. The molecule has 2 fully saturated rings. The molecule has 0 bridgehead atoms. The fourth-order valence-corrected chi connectivity index (χ4v) is 7.02. The Kier molecular flexibility index (Phi) is 10.2. The predicted molar refractivity (Wildman–Crippen MR) is 168 cm³/mol. The van der Waals surface area contributed by atoms with E-state index in [0.717, 1.165) is 37.1 Å². The van der Waals surface area contributed by atoms with E-state index in [0.29, 0.717) is 19.6 Å². The van der Waals surface area contributed by atoms with Crippen molar-refractivity contribution in [2.75, 3.05) is 46.3 Å². The number of hydrogen-bond donors (Lipinski definition) is 2. The van der Waals surface area contributed by atoms with Gasteiger partial charge in [-0.05, 0) is 43.1 Å². The monoisotopic (exact) mass is 610 g/mol. The van der Waals surface area contributed by atoms with Crippen molar-refractivity contribution < 1.29 is 23.1 Å². The van der Waals surface area contributed by atoms with E-state index in [4.69, 9.17) is 0 Å². The lowest BCUT2D eigenvalue weighted by atomic mass is 9.83. The number of sulfonamides is 1. The Morgan fingerprint density at radius 1 is 1.09 bits per heavy atom. The maximum absolute atomic E-state index is 13.4. The largest absolute Gasteiger partial charge is 0.383 e. The quantitative estimate of drug-likeness (QED) is 0.401. The third-order valence-electron chi connectivity index (χ3n) is 8.73. The first-order valence-corrected chi connectivity index (χ1v) is 16.5. The van der Waals surface area contributed by atoms with Crippen LogP contribution in [0.25, 0.3) is 0 Å². The Morgan fingerprint density at radius 3 is 2.28 bits per heavy atom. The highest BCUT2D eigenvalue weighted by molar-refractivity contribution is 7.89. The van der Waals surface area contributed by atoms with Gasteiger partial charge in [0, 0.05) is 50.1 Å². The van der Waals surface area contributed by atoms with Crippen LogP contribution in [0.15, 0.2) is 72.1 Å². The Hall–Kier alpha value is -3.05. The second-order valence-corrected chi connectivity index (χ2v) is 14.7. The average molecular weight is 611 g/mol. The number of carbonyl (C=O) groups excluding carboxylic acids is 2. The van der Waals surface area contributed by atoms with Crippen LogP contribution in [-0.2, 0) is 31.6 Å². The van der Waals surface area contributed by atoms with Gasteiger partial charge in [-0.1, -0.05) is 69.3 Å². The molecule has 2 N–H and O–H groups in total. The molecule has 2 aromatic carbocycles. The molecule has 0 spiro atoms. The van der Waals surface area contributed by atoms with Gasteiger partial charge in [-0.2, -0.15) is 0 Å².